The van der Waals surface area contributed by atoms with Crippen molar-refractivity contribution >= 4 is 0 Å². The van der Waals surface area contributed by atoms with E-state index in [1.54, 1.807) is 24.3 Å². The maximum absolute atomic E-state index is 13.6. The first-order valence-electron chi connectivity index (χ1n) is 8.95. The van der Waals surface area contributed by atoms with Crippen LogP contribution in [0.4, 0.5) is 8.78 Å². The zero-order chi connectivity index (χ0) is 18.1. The number of piperidine rings is 1. The number of rotatable bonds is 4. The molecule has 2 aliphatic rings. The van der Waals surface area contributed by atoms with Gasteiger partial charge in [0.25, 0.3) is 0 Å². The van der Waals surface area contributed by atoms with Crippen LogP contribution in [0.25, 0.3) is 0 Å². The molecule has 6 heteroatoms. The predicted octanol–water partition coefficient (Wildman–Crippen LogP) is 3.01. The lowest BCUT2D eigenvalue weighted by atomic mass is 9.85. The quantitative estimate of drug-likeness (QED) is 0.880. The number of benzene rings is 2. The van der Waals surface area contributed by atoms with Gasteiger partial charge in [0, 0.05) is 31.6 Å². The Bertz CT molecular complexity index is 785. The molecular weight excluding hydrogens is 336 g/mol. The maximum atomic E-state index is 13.6. The monoisotopic (exact) mass is 359 g/mol. The van der Waals surface area contributed by atoms with Gasteiger partial charge in [-0.15, -0.1) is 0 Å². The van der Waals surface area contributed by atoms with Gasteiger partial charge in [-0.2, -0.15) is 0 Å². The summed E-state index contributed by atoms with van der Waals surface area (Å²) in [6.07, 6.45) is 1.02. The smallest absolute Gasteiger partial charge is 0.165 e. The van der Waals surface area contributed by atoms with E-state index in [1.165, 1.54) is 19.2 Å². The van der Waals surface area contributed by atoms with Crippen LogP contribution in [0.5, 0.6) is 5.75 Å². The van der Waals surface area contributed by atoms with Crippen LogP contribution in [-0.4, -0.2) is 31.1 Å². The largest absolute Gasteiger partial charge is 0.494 e. The first kappa shape index (κ1) is 17.4. The molecule has 2 heterocycles. The fourth-order valence-corrected chi connectivity index (χ4v) is 4.11. The number of methoxy groups -OCH3 is 1. The molecule has 0 amide bonds. The Kier molecular flexibility index (Phi) is 4.89. The molecule has 0 saturated carbocycles. The molecule has 0 aromatic heterocycles. The van der Waals surface area contributed by atoms with E-state index < -0.39 is 0 Å². The number of hydrogen-bond acceptors (Lipinski definition) is 4. The minimum Gasteiger partial charge on any atom is -0.494 e. The van der Waals surface area contributed by atoms with Gasteiger partial charge in [0.15, 0.2) is 11.6 Å². The molecule has 4 rings (SSSR count). The second-order valence-electron chi connectivity index (χ2n) is 7.08. The lowest BCUT2D eigenvalue weighted by Gasteiger charge is -2.36. The SMILES string of the molecule is COc1cc(CN2CCC3NNC(c4cccc(F)c4)C3C2)ccc1F. The molecular formula is C20H23F2N3O. The number of nitrogens with one attached hydrogen (secondary N) is 2. The van der Waals surface area contributed by atoms with Gasteiger partial charge in [-0.1, -0.05) is 18.2 Å². The van der Waals surface area contributed by atoms with Crippen LogP contribution in [0.2, 0.25) is 0 Å². The first-order valence-corrected chi connectivity index (χ1v) is 8.95. The van der Waals surface area contributed by atoms with E-state index in [1.807, 2.05) is 6.07 Å². The van der Waals surface area contributed by atoms with Crippen LogP contribution < -0.4 is 15.6 Å². The van der Waals surface area contributed by atoms with Gasteiger partial charge >= 0.3 is 0 Å². The molecule has 2 aromatic rings. The van der Waals surface area contributed by atoms with E-state index in [0.717, 1.165) is 37.2 Å². The Labute approximate surface area is 152 Å². The Morgan fingerprint density at radius 2 is 2.04 bits per heavy atom. The molecule has 2 saturated heterocycles. The van der Waals surface area contributed by atoms with Crippen molar-refractivity contribution in [1.29, 1.82) is 0 Å². The number of hydrogen-bond donors (Lipinski definition) is 2. The number of likely N-dealkylation sites (tertiary alicyclic amines) is 1. The van der Waals surface area contributed by atoms with Crippen molar-refractivity contribution in [2.24, 2.45) is 5.92 Å². The maximum Gasteiger partial charge on any atom is 0.165 e. The van der Waals surface area contributed by atoms with Crippen LogP contribution >= 0.6 is 0 Å². The molecule has 0 aliphatic carbocycles. The van der Waals surface area contributed by atoms with Crippen molar-refractivity contribution in [3.63, 3.8) is 0 Å². The van der Waals surface area contributed by atoms with Crippen LogP contribution in [0.1, 0.15) is 23.6 Å². The van der Waals surface area contributed by atoms with E-state index in [0.29, 0.717) is 12.0 Å². The van der Waals surface area contributed by atoms with E-state index in [9.17, 15) is 8.78 Å². The van der Waals surface area contributed by atoms with Crippen molar-refractivity contribution in [3.05, 3.63) is 65.2 Å². The zero-order valence-electron chi connectivity index (χ0n) is 14.7. The van der Waals surface area contributed by atoms with Crippen molar-refractivity contribution in [1.82, 2.24) is 15.8 Å². The Morgan fingerprint density at radius 1 is 1.15 bits per heavy atom. The van der Waals surface area contributed by atoms with Crippen molar-refractivity contribution < 1.29 is 13.5 Å². The minimum atomic E-state index is -0.342. The molecule has 26 heavy (non-hydrogen) atoms. The molecule has 2 fully saturated rings. The summed E-state index contributed by atoms with van der Waals surface area (Å²) in [5.74, 6) is 0.0799. The normalized spacial score (nSPS) is 25.9. The molecule has 2 N–H and O–H groups in total. The summed E-state index contributed by atoms with van der Waals surface area (Å²) in [5, 5.41) is 0. The van der Waals surface area contributed by atoms with Crippen LogP contribution in [-0.2, 0) is 6.54 Å². The van der Waals surface area contributed by atoms with E-state index in [4.69, 9.17) is 4.74 Å². The second-order valence-corrected chi connectivity index (χ2v) is 7.08. The highest BCUT2D eigenvalue weighted by Crippen LogP contribution is 2.34. The summed E-state index contributed by atoms with van der Waals surface area (Å²) in [7, 11) is 1.48. The number of halogens is 2. The number of ether oxygens (including phenoxy) is 1. The van der Waals surface area contributed by atoms with E-state index in [-0.39, 0.29) is 23.4 Å². The molecule has 2 aromatic carbocycles. The molecule has 0 spiro atoms. The number of fused-ring (bicyclic) bond motifs is 1. The van der Waals surface area contributed by atoms with Gasteiger partial charge in [-0.25, -0.2) is 14.2 Å². The molecule has 3 atom stereocenters. The van der Waals surface area contributed by atoms with Gasteiger partial charge in [-0.05, 0) is 41.8 Å². The van der Waals surface area contributed by atoms with Gasteiger partial charge < -0.3 is 4.74 Å². The topological polar surface area (TPSA) is 36.5 Å². The highest BCUT2D eigenvalue weighted by atomic mass is 19.1. The van der Waals surface area contributed by atoms with Crippen LogP contribution in [0, 0.1) is 17.6 Å². The molecule has 3 unspecified atom stereocenters. The molecule has 2 aliphatic heterocycles. The lowest BCUT2D eigenvalue weighted by molar-refractivity contribution is 0.148. The average Bonchev–Trinajstić information content (AvgIpc) is 3.06. The van der Waals surface area contributed by atoms with Gasteiger partial charge in [0.2, 0.25) is 0 Å². The van der Waals surface area contributed by atoms with Gasteiger partial charge in [0.1, 0.15) is 5.82 Å². The van der Waals surface area contributed by atoms with Gasteiger partial charge in [0.05, 0.1) is 13.2 Å². The zero-order valence-corrected chi connectivity index (χ0v) is 14.7. The molecule has 0 bridgehead atoms. The van der Waals surface area contributed by atoms with E-state index in [2.05, 4.69) is 15.8 Å². The minimum absolute atomic E-state index is 0.0845. The van der Waals surface area contributed by atoms with Crippen LogP contribution in [0.15, 0.2) is 42.5 Å². The Hall–Kier alpha value is -2.02. The third kappa shape index (κ3) is 3.45. The summed E-state index contributed by atoms with van der Waals surface area (Å²) in [4.78, 5) is 2.37. The summed E-state index contributed by atoms with van der Waals surface area (Å²) in [6, 6.07) is 12.3. The second kappa shape index (κ2) is 7.31. The van der Waals surface area contributed by atoms with E-state index >= 15 is 0 Å². The number of nitrogens with zero attached hydrogens (tertiary/aromatic N) is 1. The van der Waals surface area contributed by atoms with Crippen LogP contribution in [0.3, 0.4) is 0 Å². The lowest BCUT2D eigenvalue weighted by Crippen LogP contribution is -2.45. The summed E-state index contributed by atoms with van der Waals surface area (Å²) < 4.78 is 32.3. The van der Waals surface area contributed by atoms with Gasteiger partial charge in [-0.3, -0.25) is 10.3 Å². The summed E-state index contributed by atoms with van der Waals surface area (Å²) >= 11 is 0. The number of hydrazine groups is 1. The predicted molar refractivity (Wildman–Crippen MR) is 95.5 cm³/mol. The Balaban J connectivity index is 1.48. The fraction of sp³-hybridized carbons (Fsp3) is 0.400. The molecule has 0 radical (unpaired) electrons. The fourth-order valence-electron chi connectivity index (χ4n) is 4.11. The highest BCUT2D eigenvalue weighted by Gasteiger charge is 2.40. The third-order valence-corrected chi connectivity index (χ3v) is 5.42. The Morgan fingerprint density at radius 3 is 2.85 bits per heavy atom. The summed E-state index contributed by atoms with van der Waals surface area (Å²) in [5.41, 5.74) is 8.71. The highest BCUT2D eigenvalue weighted by molar-refractivity contribution is 5.30. The molecule has 138 valence electrons. The van der Waals surface area contributed by atoms with Crippen molar-refractivity contribution in [3.8, 4) is 5.75 Å². The van der Waals surface area contributed by atoms with Crippen molar-refractivity contribution in [2.45, 2.75) is 25.0 Å². The van der Waals surface area contributed by atoms with Crippen molar-refractivity contribution in [2.75, 3.05) is 20.2 Å². The standard InChI is InChI=1S/C20H23F2N3O/c1-26-19-9-13(5-6-17(19)22)11-25-8-7-18-16(12-25)20(24-23-18)14-3-2-4-15(21)10-14/h2-6,9-10,16,18,20,23-24H,7-8,11-12H2,1H3. The average molecular weight is 359 g/mol. The third-order valence-electron chi connectivity index (χ3n) is 5.42. The molecule has 4 nitrogen and oxygen atoms in total. The summed E-state index contributed by atoms with van der Waals surface area (Å²) in [6.45, 7) is 2.60. The first-order chi connectivity index (χ1) is 12.6.